The first-order chi connectivity index (χ1) is 7.93. The smallest absolute Gasteiger partial charge is 0.332 e. The highest BCUT2D eigenvalue weighted by molar-refractivity contribution is 5.85. The van der Waals surface area contributed by atoms with E-state index in [0.29, 0.717) is 11.3 Å². The van der Waals surface area contributed by atoms with E-state index in [-0.39, 0.29) is 11.7 Å². The average molecular weight is 238 g/mol. The van der Waals surface area contributed by atoms with Crippen LogP contribution in [0.15, 0.2) is 14.1 Å². The van der Waals surface area contributed by atoms with Crippen LogP contribution in [-0.4, -0.2) is 20.3 Å². The van der Waals surface area contributed by atoms with Crippen molar-refractivity contribution in [3.05, 3.63) is 20.8 Å². The first-order valence-electron chi connectivity index (χ1n) is 5.25. The fraction of sp³-hybridized carbons (Fsp3) is 0.500. The highest BCUT2D eigenvalue weighted by atomic mass is 16.5. The van der Waals surface area contributed by atoms with Crippen LogP contribution in [0.5, 0.6) is 0 Å². The number of fused-ring (bicyclic) bond motifs is 1. The number of nitrogens with one attached hydrogen (secondary N) is 1. The molecule has 0 amide bonds. The molecule has 2 aromatic heterocycles. The molecule has 0 radical (unpaired) electrons. The van der Waals surface area contributed by atoms with Crippen molar-refractivity contribution >= 4 is 16.9 Å². The summed E-state index contributed by atoms with van der Waals surface area (Å²) in [4.78, 5) is 23.6. The van der Waals surface area contributed by atoms with Gasteiger partial charge in [-0.15, -0.1) is 0 Å². The van der Waals surface area contributed by atoms with Crippen molar-refractivity contribution in [2.75, 3.05) is 5.32 Å². The normalized spacial score (nSPS) is 11.4. The molecule has 0 unspecified atom stereocenters. The number of rotatable bonds is 2. The predicted molar refractivity (Wildman–Crippen MR) is 63.2 cm³/mol. The number of nitrogens with zero attached hydrogens (tertiary/aromatic N) is 3. The minimum atomic E-state index is -0.424. The number of aromatic nitrogens is 3. The van der Waals surface area contributed by atoms with Crippen molar-refractivity contribution in [2.45, 2.75) is 19.9 Å². The van der Waals surface area contributed by atoms with E-state index < -0.39 is 11.2 Å². The third-order valence-electron chi connectivity index (χ3n) is 2.50. The Balaban J connectivity index is 2.86. The molecular weight excluding hydrogens is 224 g/mol. The quantitative estimate of drug-likeness (QED) is 0.799. The van der Waals surface area contributed by atoms with E-state index in [4.69, 9.17) is 4.52 Å². The Morgan fingerprint density at radius 2 is 1.88 bits per heavy atom. The number of aryl methyl sites for hydroxylation is 1. The minimum Gasteiger partial charge on any atom is -0.351 e. The van der Waals surface area contributed by atoms with Gasteiger partial charge < -0.3 is 9.84 Å². The van der Waals surface area contributed by atoms with Crippen LogP contribution in [-0.2, 0) is 14.1 Å². The second kappa shape index (κ2) is 3.76. The van der Waals surface area contributed by atoms with Gasteiger partial charge in [0.1, 0.15) is 5.39 Å². The van der Waals surface area contributed by atoms with E-state index in [1.165, 1.54) is 11.6 Å². The molecule has 7 heteroatoms. The molecule has 0 aliphatic carbocycles. The molecule has 0 fully saturated rings. The second-order valence-electron chi connectivity index (χ2n) is 4.22. The molecule has 0 aromatic carbocycles. The molecule has 2 aromatic rings. The van der Waals surface area contributed by atoms with Crippen molar-refractivity contribution < 1.29 is 4.52 Å². The molecule has 92 valence electrons. The van der Waals surface area contributed by atoms with Crippen LogP contribution in [0.2, 0.25) is 0 Å². The van der Waals surface area contributed by atoms with Gasteiger partial charge in [-0.3, -0.25) is 13.9 Å². The van der Waals surface area contributed by atoms with Crippen LogP contribution < -0.4 is 16.6 Å². The molecule has 0 spiro atoms. The largest absolute Gasteiger partial charge is 0.351 e. The molecule has 7 nitrogen and oxygen atoms in total. The molecule has 0 aliphatic rings. The van der Waals surface area contributed by atoms with Gasteiger partial charge in [-0.2, -0.15) is 0 Å². The lowest BCUT2D eigenvalue weighted by atomic mass is 10.3. The van der Waals surface area contributed by atoms with Gasteiger partial charge in [0.25, 0.3) is 5.56 Å². The molecule has 17 heavy (non-hydrogen) atoms. The van der Waals surface area contributed by atoms with E-state index in [2.05, 4.69) is 10.5 Å². The summed E-state index contributed by atoms with van der Waals surface area (Å²) < 4.78 is 7.38. The number of hydrogen-bond donors (Lipinski definition) is 1. The molecule has 1 N–H and O–H groups in total. The third-order valence-corrected chi connectivity index (χ3v) is 2.50. The summed E-state index contributed by atoms with van der Waals surface area (Å²) in [5.41, 5.74) is -0.583. The van der Waals surface area contributed by atoms with Crippen LogP contribution in [0.4, 0.5) is 5.88 Å². The van der Waals surface area contributed by atoms with Gasteiger partial charge in [-0.1, -0.05) is 5.16 Å². The van der Waals surface area contributed by atoms with Crippen molar-refractivity contribution in [1.82, 2.24) is 14.3 Å². The maximum Gasteiger partial charge on any atom is 0.332 e. The zero-order valence-corrected chi connectivity index (χ0v) is 10.1. The Morgan fingerprint density at radius 1 is 1.24 bits per heavy atom. The van der Waals surface area contributed by atoms with Gasteiger partial charge in [0.15, 0.2) is 5.65 Å². The highest BCUT2D eigenvalue weighted by Crippen LogP contribution is 2.18. The average Bonchev–Trinajstić information content (AvgIpc) is 2.66. The third kappa shape index (κ3) is 1.63. The molecule has 0 bridgehead atoms. The Labute approximate surface area is 96.6 Å². The lowest BCUT2D eigenvalue weighted by Gasteiger charge is -2.06. The maximum absolute atomic E-state index is 12.0. The summed E-state index contributed by atoms with van der Waals surface area (Å²) in [5.74, 6) is 0.297. The standard InChI is InChI=1S/C10H14N4O3/c1-5(2)11-8-6-7(12-17-8)13(3)10(16)14(4)9(6)15/h5,11H,1-4H3. The lowest BCUT2D eigenvalue weighted by molar-refractivity contribution is 0.434. The maximum atomic E-state index is 12.0. The summed E-state index contributed by atoms with van der Waals surface area (Å²) in [6, 6.07) is 0.105. The summed E-state index contributed by atoms with van der Waals surface area (Å²) in [5, 5.41) is 7.03. The summed E-state index contributed by atoms with van der Waals surface area (Å²) in [6.07, 6.45) is 0. The van der Waals surface area contributed by atoms with Crippen molar-refractivity contribution in [3.8, 4) is 0 Å². The molecule has 2 heterocycles. The first-order valence-corrected chi connectivity index (χ1v) is 5.25. The van der Waals surface area contributed by atoms with E-state index in [0.717, 1.165) is 4.57 Å². The Kier molecular flexibility index (Phi) is 2.53. The molecule has 0 saturated carbocycles. The van der Waals surface area contributed by atoms with Gasteiger partial charge in [0.05, 0.1) is 0 Å². The lowest BCUT2D eigenvalue weighted by Crippen LogP contribution is -2.37. The molecule has 0 aliphatic heterocycles. The van der Waals surface area contributed by atoms with Crippen molar-refractivity contribution in [2.24, 2.45) is 14.1 Å². The van der Waals surface area contributed by atoms with Gasteiger partial charge in [-0.05, 0) is 13.8 Å². The summed E-state index contributed by atoms with van der Waals surface area (Å²) in [6.45, 7) is 3.83. The van der Waals surface area contributed by atoms with E-state index in [1.54, 1.807) is 7.05 Å². The Hall–Kier alpha value is -2.05. The summed E-state index contributed by atoms with van der Waals surface area (Å²) >= 11 is 0. The van der Waals surface area contributed by atoms with Gasteiger partial charge in [0, 0.05) is 20.1 Å². The topological polar surface area (TPSA) is 82.1 Å². The van der Waals surface area contributed by atoms with Gasteiger partial charge in [-0.25, -0.2) is 4.79 Å². The SMILES string of the molecule is CC(C)Nc1onc2c1c(=O)n(C)c(=O)n2C. The number of anilines is 1. The van der Waals surface area contributed by atoms with Crippen LogP contribution >= 0.6 is 0 Å². The van der Waals surface area contributed by atoms with E-state index >= 15 is 0 Å². The highest BCUT2D eigenvalue weighted by Gasteiger charge is 2.18. The first kappa shape index (κ1) is 11.4. The van der Waals surface area contributed by atoms with Gasteiger partial charge in [0.2, 0.25) is 5.88 Å². The predicted octanol–water partition coefficient (Wildman–Crippen LogP) is 0.0455. The Bertz CT molecular complexity index is 677. The van der Waals surface area contributed by atoms with E-state index in [9.17, 15) is 9.59 Å². The molecular formula is C10H14N4O3. The fourth-order valence-electron chi connectivity index (χ4n) is 1.63. The van der Waals surface area contributed by atoms with Gasteiger partial charge >= 0.3 is 5.69 Å². The minimum absolute atomic E-state index is 0.105. The van der Waals surface area contributed by atoms with Crippen LogP contribution in [0.1, 0.15) is 13.8 Å². The van der Waals surface area contributed by atoms with E-state index in [1.807, 2.05) is 13.8 Å². The molecule has 2 rings (SSSR count). The van der Waals surface area contributed by atoms with Crippen LogP contribution in [0, 0.1) is 0 Å². The zero-order valence-electron chi connectivity index (χ0n) is 10.1. The van der Waals surface area contributed by atoms with Crippen LogP contribution in [0.3, 0.4) is 0 Å². The molecule has 0 saturated heterocycles. The second-order valence-corrected chi connectivity index (χ2v) is 4.22. The number of hydrogen-bond acceptors (Lipinski definition) is 5. The van der Waals surface area contributed by atoms with Crippen molar-refractivity contribution in [3.63, 3.8) is 0 Å². The fourth-order valence-corrected chi connectivity index (χ4v) is 1.63. The summed E-state index contributed by atoms with van der Waals surface area (Å²) in [7, 11) is 2.97. The zero-order chi connectivity index (χ0) is 12.7. The van der Waals surface area contributed by atoms with Crippen LogP contribution in [0.25, 0.3) is 11.0 Å². The Morgan fingerprint density at radius 3 is 2.47 bits per heavy atom. The molecule has 0 atom stereocenters. The van der Waals surface area contributed by atoms with Crippen molar-refractivity contribution in [1.29, 1.82) is 0 Å². The monoisotopic (exact) mass is 238 g/mol.